The molecule has 3 nitrogen and oxygen atoms in total. The summed E-state index contributed by atoms with van der Waals surface area (Å²) in [5.41, 5.74) is 6.49. The number of fused-ring (bicyclic) bond motifs is 1. The lowest BCUT2D eigenvalue weighted by Crippen LogP contribution is -2.22. The van der Waals surface area contributed by atoms with Gasteiger partial charge < -0.3 is 10.6 Å². The first-order valence-electron chi connectivity index (χ1n) is 8.34. The zero-order valence-corrected chi connectivity index (χ0v) is 13.7. The van der Waals surface area contributed by atoms with Gasteiger partial charge in [-0.05, 0) is 42.0 Å². The first-order valence-corrected chi connectivity index (χ1v) is 8.34. The number of carbonyl (C=O) groups excluding carboxylic acids is 1. The fourth-order valence-corrected chi connectivity index (χ4v) is 2.95. The Morgan fingerprint density at radius 3 is 2.61 bits per heavy atom. The summed E-state index contributed by atoms with van der Waals surface area (Å²) in [7, 11) is 0. The molecule has 0 bridgehead atoms. The van der Waals surface area contributed by atoms with Gasteiger partial charge in [0.15, 0.2) is 0 Å². The van der Waals surface area contributed by atoms with E-state index in [-0.39, 0.29) is 5.91 Å². The molecule has 120 valence electrons. The highest BCUT2D eigenvalue weighted by Gasteiger charge is 2.10. The van der Waals surface area contributed by atoms with Crippen molar-refractivity contribution in [3.63, 3.8) is 0 Å². The Morgan fingerprint density at radius 2 is 1.78 bits per heavy atom. The lowest BCUT2D eigenvalue weighted by Gasteiger charge is -2.07. The van der Waals surface area contributed by atoms with Crippen molar-refractivity contribution < 1.29 is 4.79 Å². The SMILES string of the molecule is Cc1ccc(CCCC(=O)NCc2ccc3c(c2)CNC3)cc1. The van der Waals surface area contributed by atoms with Crippen molar-refractivity contribution in [1.29, 1.82) is 0 Å². The van der Waals surface area contributed by atoms with Crippen molar-refractivity contribution in [2.24, 2.45) is 0 Å². The molecular weight excluding hydrogens is 284 g/mol. The monoisotopic (exact) mass is 308 g/mol. The summed E-state index contributed by atoms with van der Waals surface area (Å²) in [6.07, 6.45) is 2.43. The normalized spacial score (nSPS) is 12.9. The van der Waals surface area contributed by atoms with Crippen LogP contribution in [-0.2, 0) is 30.8 Å². The third kappa shape index (κ3) is 4.42. The van der Waals surface area contributed by atoms with Crippen molar-refractivity contribution in [3.05, 3.63) is 70.3 Å². The minimum absolute atomic E-state index is 0.135. The van der Waals surface area contributed by atoms with E-state index in [0.29, 0.717) is 13.0 Å². The van der Waals surface area contributed by atoms with Gasteiger partial charge in [0.25, 0.3) is 0 Å². The van der Waals surface area contributed by atoms with Crippen molar-refractivity contribution >= 4 is 5.91 Å². The molecule has 3 heteroatoms. The molecule has 2 aromatic carbocycles. The van der Waals surface area contributed by atoms with Crippen LogP contribution in [0.25, 0.3) is 0 Å². The average Bonchev–Trinajstić information content (AvgIpc) is 3.02. The van der Waals surface area contributed by atoms with Crippen molar-refractivity contribution in [2.45, 2.75) is 45.8 Å². The molecule has 2 N–H and O–H groups in total. The summed E-state index contributed by atoms with van der Waals surface area (Å²) in [6.45, 7) is 4.61. The molecule has 0 spiro atoms. The summed E-state index contributed by atoms with van der Waals surface area (Å²) in [4.78, 5) is 12.0. The van der Waals surface area contributed by atoms with Crippen LogP contribution in [0.15, 0.2) is 42.5 Å². The molecule has 1 amide bonds. The van der Waals surface area contributed by atoms with Gasteiger partial charge in [0.05, 0.1) is 0 Å². The number of aryl methyl sites for hydroxylation is 2. The van der Waals surface area contributed by atoms with E-state index in [1.54, 1.807) is 0 Å². The predicted octanol–water partition coefficient (Wildman–Crippen LogP) is 3.24. The van der Waals surface area contributed by atoms with Gasteiger partial charge in [-0.2, -0.15) is 0 Å². The van der Waals surface area contributed by atoms with Crippen LogP contribution in [0.2, 0.25) is 0 Å². The van der Waals surface area contributed by atoms with Crippen LogP contribution in [0.5, 0.6) is 0 Å². The van der Waals surface area contributed by atoms with Crippen LogP contribution in [0.1, 0.15) is 40.7 Å². The van der Waals surface area contributed by atoms with Gasteiger partial charge in [-0.15, -0.1) is 0 Å². The van der Waals surface area contributed by atoms with E-state index in [1.807, 2.05) is 0 Å². The maximum Gasteiger partial charge on any atom is 0.220 e. The van der Waals surface area contributed by atoms with Crippen LogP contribution in [0.4, 0.5) is 0 Å². The molecule has 0 unspecified atom stereocenters. The maximum atomic E-state index is 12.0. The van der Waals surface area contributed by atoms with Gasteiger partial charge in [-0.25, -0.2) is 0 Å². The van der Waals surface area contributed by atoms with E-state index >= 15 is 0 Å². The molecule has 3 rings (SSSR count). The van der Waals surface area contributed by atoms with E-state index < -0.39 is 0 Å². The molecule has 1 aliphatic heterocycles. The highest BCUT2D eigenvalue weighted by atomic mass is 16.1. The summed E-state index contributed by atoms with van der Waals surface area (Å²) in [5, 5.41) is 6.37. The minimum atomic E-state index is 0.135. The fraction of sp³-hybridized carbons (Fsp3) is 0.350. The van der Waals surface area contributed by atoms with Crippen molar-refractivity contribution in [2.75, 3.05) is 0 Å². The molecule has 0 radical (unpaired) electrons. The van der Waals surface area contributed by atoms with Gasteiger partial charge in [0, 0.05) is 26.1 Å². The van der Waals surface area contributed by atoms with Crippen LogP contribution < -0.4 is 10.6 Å². The molecule has 0 saturated heterocycles. The third-order valence-electron chi connectivity index (χ3n) is 4.38. The van der Waals surface area contributed by atoms with Crippen molar-refractivity contribution in [3.8, 4) is 0 Å². The number of amides is 1. The fourth-order valence-electron chi connectivity index (χ4n) is 2.95. The molecule has 2 aromatic rings. The molecule has 0 fully saturated rings. The van der Waals surface area contributed by atoms with Gasteiger partial charge in [-0.1, -0.05) is 48.0 Å². The summed E-state index contributed by atoms with van der Waals surface area (Å²) in [5.74, 6) is 0.135. The molecule has 0 aliphatic carbocycles. The quantitative estimate of drug-likeness (QED) is 0.860. The second kappa shape index (κ2) is 7.42. The Bertz CT molecular complexity index is 677. The second-order valence-corrected chi connectivity index (χ2v) is 6.32. The Kier molecular flexibility index (Phi) is 5.09. The summed E-state index contributed by atoms with van der Waals surface area (Å²) in [6, 6.07) is 15.0. The largest absolute Gasteiger partial charge is 0.352 e. The number of benzene rings is 2. The van der Waals surface area contributed by atoms with Crippen LogP contribution in [0.3, 0.4) is 0 Å². The summed E-state index contributed by atoms with van der Waals surface area (Å²) >= 11 is 0. The topological polar surface area (TPSA) is 41.1 Å². The molecule has 23 heavy (non-hydrogen) atoms. The number of rotatable bonds is 6. The zero-order valence-electron chi connectivity index (χ0n) is 13.7. The van der Waals surface area contributed by atoms with Gasteiger partial charge in [-0.3, -0.25) is 4.79 Å². The summed E-state index contributed by atoms with van der Waals surface area (Å²) < 4.78 is 0. The Balaban J connectivity index is 1.40. The Labute approximate surface area is 138 Å². The molecule has 0 saturated carbocycles. The second-order valence-electron chi connectivity index (χ2n) is 6.32. The molecule has 0 aromatic heterocycles. The molecule has 0 atom stereocenters. The van der Waals surface area contributed by atoms with E-state index in [2.05, 4.69) is 60.0 Å². The first-order chi connectivity index (χ1) is 11.2. The van der Waals surface area contributed by atoms with Gasteiger partial charge >= 0.3 is 0 Å². The molecule has 1 heterocycles. The van der Waals surface area contributed by atoms with Crippen LogP contribution in [-0.4, -0.2) is 5.91 Å². The van der Waals surface area contributed by atoms with E-state index in [1.165, 1.54) is 27.8 Å². The van der Waals surface area contributed by atoms with Crippen LogP contribution >= 0.6 is 0 Å². The van der Waals surface area contributed by atoms with Crippen LogP contribution in [0, 0.1) is 6.92 Å². The lowest BCUT2D eigenvalue weighted by atomic mass is 10.1. The first kappa shape index (κ1) is 15.8. The minimum Gasteiger partial charge on any atom is -0.352 e. The maximum absolute atomic E-state index is 12.0. The number of hydrogen-bond acceptors (Lipinski definition) is 2. The average molecular weight is 308 g/mol. The van der Waals surface area contributed by atoms with E-state index in [4.69, 9.17) is 0 Å². The smallest absolute Gasteiger partial charge is 0.220 e. The van der Waals surface area contributed by atoms with Crippen molar-refractivity contribution in [1.82, 2.24) is 10.6 Å². The molecule has 1 aliphatic rings. The molecular formula is C20H24N2O. The highest BCUT2D eigenvalue weighted by molar-refractivity contribution is 5.75. The zero-order chi connectivity index (χ0) is 16.1. The van der Waals surface area contributed by atoms with Gasteiger partial charge in [0.1, 0.15) is 0 Å². The number of nitrogens with one attached hydrogen (secondary N) is 2. The third-order valence-corrected chi connectivity index (χ3v) is 4.38. The standard InChI is InChI=1S/C20H24N2O/c1-15-5-7-16(8-6-15)3-2-4-20(23)22-12-17-9-10-18-13-21-14-19(18)11-17/h5-11,21H,2-4,12-14H2,1H3,(H,22,23). The van der Waals surface area contributed by atoms with E-state index in [0.717, 1.165) is 25.9 Å². The Morgan fingerprint density at radius 1 is 1.04 bits per heavy atom. The lowest BCUT2D eigenvalue weighted by molar-refractivity contribution is -0.121. The predicted molar refractivity (Wildman–Crippen MR) is 92.9 cm³/mol. The number of carbonyl (C=O) groups is 1. The Hall–Kier alpha value is -2.13. The van der Waals surface area contributed by atoms with E-state index in [9.17, 15) is 4.79 Å². The van der Waals surface area contributed by atoms with Gasteiger partial charge in [0.2, 0.25) is 5.91 Å². The highest BCUT2D eigenvalue weighted by Crippen LogP contribution is 2.17. The number of hydrogen-bond donors (Lipinski definition) is 2.